The smallest absolute Gasteiger partial charge is 0.170 e. The summed E-state index contributed by atoms with van der Waals surface area (Å²) in [5.74, 6) is 0.925. The van der Waals surface area contributed by atoms with Crippen molar-refractivity contribution >= 4 is 5.84 Å². The van der Waals surface area contributed by atoms with Gasteiger partial charge >= 0.3 is 0 Å². The van der Waals surface area contributed by atoms with Crippen LogP contribution in [0, 0.1) is 6.92 Å². The minimum Gasteiger partial charge on any atom is -0.491 e. The third kappa shape index (κ3) is 2.87. The highest BCUT2D eigenvalue weighted by Gasteiger charge is 2.05. The summed E-state index contributed by atoms with van der Waals surface area (Å²) in [5.41, 5.74) is 7.13. The van der Waals surface area contributed by atoms with Crippen molar-refractivity contribution in [1.82, 2.24) is 0 Å². The van der Waals surface area contributed by atoms with Gasteiger partial charge in [-0.15, -0.1) is 0 Å². The molecule has 3 N–H and O–H groups in total. The maximum Gasteiger partial charge on any atom is 0.170 e. The molecule has 4 nitrogen and oxygen atoms in total. The molecule has 0 aliphatic rings. The van der Waals surface area contributed by atoms with E-state index in [9.17, 15) is 0 Å². The Bertz CT molecular complexity index is 373. The summed E-state index contributed by atoms with van der Waals surface area (Å²) in [7, 11) is 0. The van der Waals surface area contributed by atoms with E-state index >= 15 is 0 Å². The lowest BCUT2D eigenvalue weighted by Gasteiger charge is -2.12. The van der Waals surface area contributed by atoms with Gasteiger partial charge in [-0.1, -0.05) is 5.16 Å². The van der Waals surface area contributed by atoms with Gasteiger partial charge in [-0.05, 0) is 44.5 Å². The van der Waals surface area contributed by atoms with Crippen LogP contribution in [-0.4, -0.2) is 17.1 Å². The van der Waals surface area contributed by atoms with Crippen molar-refractivity contribution in [1.29, 1.82) is 0 Å². The molecule has 15 heavy (non-hydrogen) atoms. The molecule has 0 radical (unpaired) electrons. The molecule has 0 aliphatic heterocycles. The van der Waals surface area contributed by atoms with Gasteiger partial charge in [0.05, 0.1) is 6.10 Å². The molecule has 0 amide bonds. The highest BCUT2D eigenvalue weighted by atomic mass is 16.5. The van der Waals surface area contributed by atoms with E-state index in [2.05, 4.69) is 5.16 Å². The van der Waals surface area contributed by atoms with Crippen LogP contribution in [0.5, 0.6) is 5.75 Å². The van der Waals surface area contributed by atoms with Crippen LogP contribution in [0.15, 0.2) is 23.4 Å². The Morgan fingerprint density at radius 1 is 1.47 bits per heavy atom. The summed E-state index contributed by atoms with van der Waals surface area (Å²) in [6, 6.07) is 5.41. The van der Waals surface area contributed by atoms with Crippen LogP contribution in [0.3, 0.4) is 0 Å². The molecule has 0 fully saturated rings. The van der Waals surface area contributed by atoms with E-state index in [1.165, 1.54) is 0 Å². The number of oxime groups is 1. The Morgan fingerprint density at radius 2 is 2.13 bits per heavy atom. The number of hydrogen-bond acceptors (Lipinski definition) is 3. The second-order valence-corrected chi connectivity index (χ2v) is 3.63. The van der Waals surface area contributed by atoms with Crippen molar-refractivity contribution in [2.75, 3.05) is 0 Å². The average molecular weight is 208 g/mol. The highest BCUT2D eigenvalue weighted by Crippen LogP contribution is 2.20. The first-order chi connectivity index (χ1) is 7.04. The van der Waals surface area contributed by atoms with Gasteiger partial charge in [-0.3, -0.25) is 0 Å². The van der Waals surface area contributed by atoms with Crippen LogP contribution in [0.2, 0.25) is 0 Å². The average Bonchev–Trinajstić information content (AvgIpc) is 2.19. The minimum absolute atomic E-state index is 0.106. The molecule has 0 unspecified atom stereocenters. The van der Waals surface area contributed by atoms with Crippen LogP contribution in [0.1, 0.15) is 25.0 Å². The molecule has 1 aromatic rings. The summed E-state index contributed by atoms with van der Waals surface area (Å²) in [6.07, 6.45) is 0.137. The van der Waals surface area contributed by atoms with E-state index in [-0.39, 0.29) is 11.9 Å². The van der Waals surface area contributed by atoms with Crippen molar-refractivity contribution in [3.8, 4) is 5.75 Å². The molecule has 0 spiro atoms. The number of amidine groups is 1. The molecule has 0 saturated carbocycles. The van der Waals surface area contributed by atoms with Crippen molar-refractivity contribution < 1.29 is 9.94 Å². The van der Waals surface area contributed by atoms with Crippen molar-refractivity contribution in [2.24, 2.45) is 10.9 Å². The lowest BCUT2D eigenvalue weighted by atomic mass is 10.1. The lowest BCUT2D eigenvalue weighted by Crippen LogP contribution is -2.13. The standard InChI is InChI=1S/C11H16N2O2/c1-7(2)15-10-5-4-9(6-8(10)3)11(12)13-14/h4-7,14H,1-3H3,(H2,12,13). The monoisotopic (exact) mass is 208 g/mol. The van der Waals surface area contributed by atoms with Gasteiger partial charge < -0.3 is 15.7 Å². The van der Waals surface area contributed by atoms with E-state index in [4.69, 9.17) is 15.7 Å². The predicted octanol–water partition coefficient (Wildman–Crippen LogP) is 1.88. The fourth-order valence-corrected chi connectivity index (χ4v) is 1.25. The second-order valence-electron chi connectivity index (χ2n) is 3.63. The third-order valence-electron chi connectivity index (χ3n) is 1.94. The molecular formula is C11H16N2O2. The molecule has 0 aliphatic carbocycles. The number of rotatable bonds is 3. The normalized spacial score (nSPS) is 11.9. The molecule has 0 bridgehead atoms. The fourth-order valence-electron chi connectivity index (χ4n) is 1.25. The zero-order valence-electron chi connectivity index (χ0n) is 9.19. The van der Waals surface area contributed by atoms with Crippen molar-refractivity contribution in [3.63, 3.8) is 0 Å². The van der Waals surface area contributed by atoms with Crippen LogP contribution < -0.4 is 10.5 Å². The first kappa shape index (κ1) is 11.4. The first-order valence-corrected chi connectivity index (χ1v) is 4.79. The zero-order chi connectivity index (χ0) is 11.4. The summed E-state index contributed by atoms with van der Waals surface area (Å²) < 4.78 is 5.57. The van der Waals surface area contributed by atoms with Gasteiger partial charge in [0, 0.05) is 5.56 Å². The number of nitrogens with zero attached hydrogens (tertiary/aromatic N) is 1. The van der Waals surface area contributed by atoms with E-state index in [1.54, 1.807) is 6.07 Å². The third-order valence-corrected chi connectivity index (χ3v) is 1.94. The maximum absolute atomic E-state index is 8.53. The van der Waals surface area contributed by atoms with Crippen LogP contribution >= 0.6 is 0 Å². The van der Waals surface area contributed by atoms with Crippen molar-refractivity contribution in [2.45, 2.75) is 26.9 Å². The van der Waals surface area contributed by atoms with Gasteiger partial charge in [0.15, 0.2) is 5.84 Å². The Kier molecular flexibility index (Phi) is 3.55. The summed E-state index contributed by atoms with van der Waals surface area (Å²) in [6.45, 7) is 5.86. The summed E-state index contributed by atoms with van der Waals surface area (Å²) >= 11 is 0. The van der Waals surface area contributed by atoms with Gasteiger partial charge in [0.2, 0.25) is 0 Å². The fraction of sp³-hybridized carbons (Fsp3) is 0.364. The van der Waals surface area contributed by atoms with Gasteiger partial charge in [0.1, 0.15) is 5.75 Å². The SMILES string of the molecule is Cc1cc(/C(N)=N\O)ccc1OC(C)C. The zero-order valence-corrected chi connectivity index (χ0v) is 9.19. The van der Waals surface area contributed by atoms with Crippen LogP contribution in [0.25, 0.3) is 0 Å². The van der Waals surface area contributed by atoms with Crippen LogP contribution in [-0.2, 0) is 0 Å². The minimum atomic E-state index is 0.106. The molecular weight excluding hydrogens is 192 g/mol. The Hall–Kier alpha value is -1.71. The number of benzene rings is 1. The molecule has 1 rings (SSSR count). The van der Waals surface area contributed by atoms with Gasteiger partial charge in [0.25, 0.3) is 0 Å². The molecule has 0 atom stereocenters. The first-order valence-electron chi connectivity index (χ1n) is 4.79. The second kappa shape index (κ2) is 4.68. The summed E-state index contributed by atoms with van der Waals surface area (Å²) in [4.78, 5) is 0. The number of aryl methyl sites for hydroxylation is 1. The van der Waals surface area contributed by atoms with Gasteiger partial charge in [-0.25, -0.2) is 0 Å². The Morgan fingerprint density at radius 3 is 2.60 bits per heavy atom. The molecule has 0 heterocycles. The largest absolute Gasteiger partial charge is 0.491 e. The maximum atomic E-state index is 8.53. The molecule has 0 aromatic heterocycles. The number of nitrogens with two attached hydrogens (primary N) is 1. The lowest BCUT2D eigenvalue weighted by molar-refractivity contribution is 0.241. The number of hydrogen-bond donors (Lipinski definition) is 2. The molecule has 1 aromatic carbocycles. The molecule has 4 heteroatoms. The Balaban J connectivity index is 2.98. The Labute approximate surface area is 89.4 Å². The molecule has 82 valence electrons. The van der Waals surface area contributed by atoms with Crippen LogP contribution in [0.4, 0.5) is 0 Å². The van der Waals surface area contributed by atoms with E-state index in [0.717, 1.165) is 11.3 Å². The van der Waals surface area contributed by atoms with E-state index in [0.29, 0.717) is 5.56 Å². The molecule has 0 saturated heterocycles. The van der Waals surface area contributed by atoms with E-state index in [1.807, 2.05) is 32.9 Å². The quantitative estimate of drug-likeness (QED) is 0.345. The summed E-state index contributed by atoms with van der Waals surface area (Å²) in [5, 5.41) is 11.5. The predicted molar refractivity (Wildman–Crippen MR) is 59.5 cm³/mol. The van der Waals surface area contributed by atoms with E-state index < -0.39 is 0 Å². The van der Waals surface area contributed by atoms with Crippen molar-refractivity contribution in [3.05, 3.63) is 29.3 Å². The van der Waals surface area contributed by atoms with Gasteiger partial charge in [-0.2, -0.15) is 0 Å². The topological polar surface area (TPSA) is 67.8 Å². The highest BCUT2D eigenvalue weighted by molar-refractivity contribution is 5.97. The number of ether oxygens (including phenoxy) is 1.